The largest absolute Gasteiger partial charge is 0.417 e. The summed E-state index contributed by atoms with van der Waals surface area (Å²) in [6, 6.07) is 3.09. The Labute approximate surface area is 165 Å². The fraction of sp³-hybridized carbons (Fsp3) is 0.421. The maximum absolute atomic E-state index is 13.0. The van der Waals surface area contributed by atoms with E-state index in [0.717, 1.165) is 30.1 Å². The molecule has 0 radical (unpaired) electrons. The molecule has 1 heterocycles. The first-order valence-electron chi connectivity index (χ1n) is 8.69. The van der Waals surface area contributed by atoms with E-state index in [2.05, 4.69) is 24.3 Å². The number of nitrogens with zero attached hydrogens (tertiary/aromatic N) is 3. The molecule has 2 N–H and O–H groups in total. The van der Waals surface area contributed by atoms with Crippen LogP contribution >= 0.6 is 0 Å². The van der Waals surface area contributed by atoms with Crippen LogP contribution in [0.1, 0.15) is 43.9 Å². The van der Waals surface area contributed by atoms with Crippen LogP contribution in [0.4, 0.5) is 23.2 Å². The van der Waals surface area contributed by atoms with Gasteiger partial charge in [-0.1, -0.05) is 20.3 Å². The van der Waals surface area contributed by atoms with Gasteiger partial charge in [0.25, 0.3) is 5.91 Å². The second-order valence-electron chi connectivity index (χ2n) is 6.61. The van der Waals surface area contributed by atoms with Crippen molar-refractivity contribution in [2.45, 2.75) is 52.4 Å². The average molecular weight is 414 g/mol. The lowest BCUT2D eigenvalue weighted by Gasteiger charge is -2.23. The van der Waals surface area contributed by atoms with Gasteiger partial charge in [0.15, 0.2) is 11.4 Å². The van der Waals surface area contributed by atoms with E-state index >= 15 is 0 Å². The molecule has 0 unspecified atom stereocenters. The Balaban J connectivity index is 0.00000132. The molecular weight excluding hydrogens is 392 g/mol. The molecule has 1 amide bonds. The molecule has 0 fully saturated rings. The lowest BCUT2D eigenvalue weighted by Crippen LogP contribution is -2.44. The molecule has 158 valence electrons. The number of anilines is 1. The van der Waals surface area contributed by atoms with Crippen molar-refractivity contribution in [3.8, 4) is 6.07 Å². The Morgan fingerprint density at radius 1 is 1.34 bits per heavy atom. The molecule has 1 atom stereocenters. The van der Waals surface area contributed by atoms with Crippen LogP contribution in [0, 0.1) is 24.1 Å². The van der Waals surface area contributed by atoms with E-state index < -0.39 is 41.2 Å². The predicted octanol–water partition coefficient (Wildman–Crippen LogP) is 4.03. The first-order chi connectivity index (χ1) is 13.3. The number of nitriles is 1. The molecule has 0 aliphatic heterocycles. The summed E-state index contributed by atoms with van der Waals surface area (Å²) in [4.78, 5) is 12.3. The topological polar surface area (TPSA) is 90.9 Å². The number of rotatable bonds is 4. The van der Waals surface area contributed by atoms with Crippen molar-refractivity contribution in [1.29, 1.82) is 5.26 Å². The van der Waals surface area contributed by atoms with E-state index in [4.69, 9.17) is 5.26 Å². The van der Waals surface area contributed by atoms with Gasteiger partial charge in [0.1, 0.15) is 0 Å². The number of nitrogens with one attached hydrogen (secondary N) is 1. The summed E-state index contributed by atoms with van der Waals surface area (Å²) < 4.78 is 53.1. The van der Waals surface area contributed by atoms with Crippen LogP contribution in [0.5, 0.6) is 0 Å². The summed E-state index contributed by atoms with van der Waals surface area (Å²) in [6.07, 6.45) is -1.70. The van der Waals surface area contributed by atoms with Crippen molar-refractivity contribution in [3.05, 3.63) is 47.0 Å². The van der Waals surface area contributed by atoms with Gasteiger partial charge in [-0.05, 0) is 31.5 Å². The zero-order chi connectivity index (χ0) is 22.4. The normalized spacial score (nSPS) is 13.0. The minimum Gasteiger partial charge on any atom is -0.378 e. The summed E-state index contributed by atoms with van der Waals surface area (Å²) >= 11 is 0. The summed E-state index contributed by atoms with van der Waals surface area (Å²) in [6.45, 7) is 6.37. The third kappa shape index (κ3) is 6.57. The number of hydrogen-bond acceptors (Lipinski definition) is 4. The number of halogens is 4. The number of carbonyl (C=O) groups is 1. The summed E-state index contributed by atoms with van der Waals surface area (Å²) in [5, 5.41) is 24.9. The van der Waals surface area contributed by atoms with Crippen molar-refractivity contribution in [1.82, 2.24) is 9.78 Å². The monoisotopic (exact) mass is 414 g/mol. The van der Waals surface area contributed by atoms with E-state index in [0.29, 0.717) is 6.07 Å². The predicted molar refractivity (Wildman–Crippen MR) is 98.3 cm³/mol. The van der Waals surface area contributed by atoms with Gasteiger partial charge in [-0.3, -0.25) is 9.48 Å². The molecule has 0 saturated heterocycles. The smallest absolute Gasteiger partial charge is 0.378 e. The maximum atomic E-state index is 13.0. The molecule has 10 heteroatoms. The maximum Gasteiger partial charge on any atom is 0.417 e. The zero-order valence-electron chi connectivity index (χ0n) is 16.4. The molecule has 2 aromatic rings. The van der Waals surface area contributed by atoms with Gasteiger partial charge in [-0.15, -0.1) is 0 Å². The van der Waals surface area contributed by atoms with E-state index in [1.807, 2.05) is 0 Å². The van der Waals surface area contributed by atoms with Crippen LogP contribution in [-0.2, 0) is 17.5 Å². The van der Waals surface area contributed by atoms with Crippen LogP contribution in [0.15, 0.2) is 24.5 Å². The third-order valence-electron chi connectivity index (χ3n) is 3.60. The highest BCUT2D eigenvalue weighted by atomic mass is 19.4. The molecule has 1 aromatic carbocycles. The van der Waals surface area contributed by atoms with Crippen molar-refractivity contribution >= 4 is 11.6 Å². The van der Waals surface area contributed by atoms with Crippen molar-refractivity contribution < 1.29 is 27.5 Å². The highest BCUT2D eigenvalue weighted by Gasteiger charge is 2.36. The van der Waals surface area contributed by atoms with Gasteiger partial charge in [-0.2, -0.15) is 23.5 Å². The van der Waals surface area contributed by atoms with Gasteiger partial charge < -0.3 is 10.4 Å². The first kappa shape index (κ1) is 24.1. The van der Waals surface area contributed by atoms with Crippen molar-refractivity contribution in [2.24, 2.45) is 0 Å². The molecule has 0 saturated carbocycles. The lowest BCUT2D eigenvalue weighted by atomic mass is 10.0. The third-order valence-corrected chi connectivity index (χ3v) is 3.60. The Morgan fingerprint density at radius 2 is 1.93 bits per heavy atom. The van der Waals surface area contributed by atoms with E-state index in [1.54, 1.807) is 0 Å². The van der Waals surface area contributed by atoms with E-state index in [1.165, 1.54) is 19.4 Å². The van der Waals surface area contributed by atoms with Crippen LogP contribution in [0.25, 0.3) is 0 Å². The first-order valence-corrected chi connectivity index (χ1v) is 8.69. The molecule has 1 aromatic heterocycles. The minimum absolute atomic E-state index is 0.201. The molecule has 0 bridgehead atoms. The minimum atomic E-state index is -4.78. The van der Waals surface area contributed by atoms with Crippen molar-refractivity contribution in [2.75, 3.05) is 5.32 Å². The molecular formula is C19H22F4N4O2. The summed E-state index contributed by atoms with van der Waals surface area (Å²) in [5.74, 6) is -1.67. The molecule has 0 spiro atoms. The van der Waals surface area contributed by atoms with E-state index in [9.17, 15) is 27.5 Å². The second-order valence-corrected chi connectivity index (χ2v) is 6.61. The lowest BCUT2D eigenvalue weighted by molar-refractivity contribution is -0.138. The molecule has 29 heavy (non-hydrogen) atoms. The van der Waals surface area contributed by atoms with Crippen molar-refractivity contribution in [3.63, 3.8) is 0 Å². The van der Waals surface area contributed by atoms with Gasteiger partial charge in [0.2, 0.25) is 0 Å². The highest BCUT2D eigenvalue weighted by molar-refractivity contribution is 5.97. The van der Waals surface area contributed by atoms with E-state index in [-0.39, 0.29) is 11.3 Å². The number of aliphatic hydroxyl groups is 1. The second kappa shape index (κ2) is 9.52. The molecule has 2 rings (SSSR count). The Bertz CT molecular complexity index is 899. The summed E-state index contributed by atoms with van der Waals surface area (Å²) in [5.41, 5.74) is -3.84. The fourth-order valence-electron chi connectivity index (χ4n) is 2.24. The Morgan fingerprint density at radius 3 is 2.38 bits per heavy atom. The number of carbonyl (C=O) groups excluding carboxylic acids is 1. The number of alkyl halides is 3. The number of benzene rings is 1. The summed E-state index contributed by atoms with van der Waals surface area (Å²) in [7, 11) is 0. The number of aromatic nitrogens is 2. The quantitative estimate of drug-likeness (QED) is 0.739. The van der Waals surface area contributed by atoms with Crippen LogP contribution in [-0.4, -0.2) is 26.4 Å². The van der Waals surface area contributed by atoms with Crippen LogP contribution in [0.3, 0.4) is 0 Å². The van der Waals surface area contributed by atoms with Gasteiger partial charge in [0, 0.05) is 5.69 Å². The fourth-order valence-corrected chi connectivity index (χ4v) is 2.24. The highest BCUT2D eigenvalue weighted by Crippen LogP contribution is 2.35. The molecule has 6 nitrogen and oxygen atoms in total. The number of aryl methyl sites for hydroxylation is 1. The number of amides is 1. The standard InChI is InChI=1S/C16H14F4N4O2.C3H8/c1-9-3-10(5-21)12(16(18,19)20)4-13(9)23-14(25)15(2,26)8-24-7-11(17)6-22-24;1-3-2/h3-4,6-7,26H,8H2,1-2H3,(H,23,25);3H2,1-2H3/t15-;/m0./s1. The van der Waals surface area contributed by atoms with Crippen LogP contribution < -0.4 is 5.32 Å². The SMILES string of the molecule is CCC.Cc1cc(C#N)c(C(F)(F)F)cc1NC(=O)[C@@](C)(O)Cn1cc(F)cn1. The molecule has 0 aliphatic carbocycles. The molecule has 0 aliphatic rings. The Kier molecular flexibility index (Phi) is 7.91. The zero-order valence-corrected chi connectivity index (χ0v) is 16.4. The Hall–Kier alpha value is -2.93. The van der Waals surface area contributed by atoms with Gasteiger partial charge >= 0.3 is 6.18 Å². The number of hydrogen-bond donors (Lipinski definition) is 2. The van der Waals surface area contributed by atoms with Gasteiger partial charge in [-0.25, -0.2) is 4.39 Å². The average Bonchev–Trinajstić information content (AvgIpc) is 3.00. The van der Waals surface area contributed by atoms with Crippen LogP contribution in [0.2, 0.25) is 0 Å². The van der Waals surface area contributed by atoms with Gasteiger partial charge in [0.05, 0.1) is 36.1 Å².